The Morgan fingerprint density at radius 2 is 2.00 bits per heavy atom. The van der Waals surface area contributed by atoms with Crippen LogP contribution in [0.4, 0.5) is 10.5 Å². The van der Waals surface area contributed by atoms with Crippen molar-refractivity contribution in [3.05, 3.63) is 52.1 Å². The molecule has 2 fully saturated rings. The molecule has 0 aliphatic carbocycles. The van der Waals surface area contributed by atoms with Gasteiger partial charge in [0.15, 0.2) is 6.10 Å². The number of epoxide rings is 1. The number of amides is 2. The zero-order valence-corrected chi connectivity index (χ0v) is 29.3. The summed E-state index contributed by atoms with van der Waals surface area (Å²) in [6.45, 7) is 11.3. The number of carbonyl (C=O) groups is 3. The molecule has 3 heterocycles. The fourth-order valence-corrected chi connectivity index (χ4v) is 6.54. The Hall–Kier alpha value is -2.57. The van der Waals surface area contributed by atoms with E-state index < -0.39 is 59.6 Å². The Kier molecular flexibility index (Phi) is 11.6. The van der Waals surface area contributed by atoms with E-state index in [1.165, 1.54) is 4.90 Å². The van der Waals surface area contributed by atoms with Gasteiger partial charge < -0.3 is 29.0 Å². The fourth-order valence-electron chi connectivity index (χ4n) is 6.18. The summed E-state index contributed by atoms with van der Waals surface area (Å²) in [5, 5.41) is 14.6. The predicted octanol–water partition coefficient (Wildman–Crippen LogP) is 5.31. The first-order valence-corrected chi connectivity index (χ1v) is 16.8. The van der Waals surface area contributed by atoms with E-state index in [2.05, 4.69) is 17.9 Å². The summed E-state index contributed by atoms with van der Waals surface area (Å²) >= 11 is 10.9. The summed E-state index contributed by atoms with van der Waals surface area (Å²) in [7, 11) is 1.65. The number of allylic oxidation sites excluding steroid dienone is 3. The Labute approximate surface area is 282 Å². The van der Waals surface area contributed by atoms with Crippen molar-refractivity contribution in [3.8, 4) is 0 Å². The average molecular weight is 679 g/mol. The highest BCUT2D eigenvalue weighted by atomic mass is 35.5. The van der Waals surface area contributed by atoms with Crippen molar-refractivity contribution >= 4 is 47.9 Å². The maximum absolute atomic E-state index is 13.9. The summed E-state index contributed by atoms with van der Waals surface area (Å²) in [6.07, 6.45) is 3.00. The first kappa shape index (κ1) is 36.3. The van der Waals surface area contributed by atoms with Gasteiger partial charge in [0, 0.05) is 31.9 Å². The number of carbonyl (C=O) groups excluding carboxylic acids is 3. The zero-order chi connectivity index (χ0) is 34.0. The molecule has 0 saturated carbocycles. The number of hydrogen-bond acceptors (Lipinski definition) is 9. The SMILES string of the molecule is C/C1=C\C=C\[C@@H](C)[C@@]2(O)C[C@H](OC(=O)N2)[C@@H](C)[C@@H]2O[C@@]2(C)[C@@H](OC(=O)[C@H](C)OCCCS)CC(=O)N(C)c2cc(cc(C)c2Cl)C1. The Balaban J connectivity index is 1.73. The summed E-state index contributed by atoms with van der Waals surface area (Å²) in [6, 6.07) is 3.88. The van der Waals surface area contributed by atoms with Gasteiger partial charge in [0.05, 0.1) is 23.2 Å². The smallest absolute Gasteiger partial charge is 0.409 e. The number of thiol groups is 1. The largest absolute Gasteiger partial charge is 0.457 e. The van der Waals surface area contributed by atoms with Gasteiger partial charge in [0.1, 0.15) is 23.5 Å². The van der Waals surface area contributed by atoms with E-state index in [1.807, 2.05) is 58.1 Å². The number of anilines is 1. The quantitative estimate of drug-likeness (QED) is 0.160. The van der Waals surface area contributed by atoms with E-state index in [0.717, 1.165) is 16.7 Å². The van der Waals surface area contributed by atoms with Crippen LogP contribution in [0.3, 0.4) is 0 Å². The number of esters is 1. The van der Waals surface area contributed by atoms with Crippen LogP contribution in [0.5, 0.6) is 0 Å². The molecule has 10 nitrogen and oxygen atoms in total. The lowest BCUT2D eigenvalue weighted by molar-refractivity contribution is -0.165. The molecule has 8 atom stereocenters. The normalized spacial score (nSPS) is 34.3. The highest BCUT2D eigenvalue weighted by Crippen LogP contribution is 2.49. The molecule has 4 bridgehead atoms. The van der Waals surface area contributed by atoms with Crippen LogP contribution in [0.2, 0.25) is 5.02 Å². The van der Waals surface area contributed by atoms with Crippen LogP contribution in [-0.2, 0) is 35.0 Å². The van der Waals surface area contributed by atoms with Crippen LogP contribution in [0.15, 0.2) is 35.9 Å². The number of benzene rings is 1. The number of fused-ring (bicyclic) bond motifs is 5. The Morgan fingerprint density at radius 1 is 1.28 bits per heavy atom. The number of rotatable bonds is 6. The molecule has 1 aromatic carbocycles. The molecule has 0 unspecified atom stereocenters. The maximum Gasteiger partial charge on any atom is 0.409 e. The number of halogens is 1. The molecule has 12 heteroatoms. The van der Waals surface area contributed by atoms with Crippen LogP contribution in [0.25, 0.3) is 0 Å². The number of ether oxygens (including phenoxy) is 4. The van der Waals surface area contributed by atoms with E-state index in [9.17, 15) is 19.5 Å². The van der Waals surface area contributed by atoms with Gasteiger partial charge in [-0.15, -0.1) is 0 Å². The van der Waals surface area contributed by atoms with Crippen molar-refractivity contribution < 1.29 is 38.4 Å². The van der Waals surface area contributed by atoms with Crippen LogP contribution in [-0.4, -0.2) is 78.2 Å². The standard InChI is InChI=1S/C34H47ClN2O8S/c1-19-10-8-11-21(3)34(41)18-26(43-32(40)36-34)22(4)30-33(6,45-30)27(44-31(39)23(5)42-12-9-13-46)17-28(38)37(7)25-16-24(14-19)15-20(2)29(25)35/h8,10-11,15-16,21-23,26-27,30,41,46H,9,12-14,17-18H2,1-7H3,(H,36,40)/b11-8+,19-10+/t21-,22-,23+,26+,27+,30+,33+,34+/m1/s1. The van der Waals surface area contributed by atoms with E-state index in [4.69, 9.17) is 30.5 Å². The number of aryl methyl sites for hydroxylation is 1. The lowest BCUT2D eigenvalue weighted by Crippen LogP contribution is -2.60. The molecule has 46 heavy (non-hydrogen) atoms. The van der Waals surface area contributed by atoms with Gasteiger partial charge in [-0.25, -0.2) is 9.59 Å². The second-order valence-corrected chi connectivity index (χ2v) is 13.9. The number of alkyl carbamates (subject to hydrolysis) is 1. The van der Waals surface area contributed by atoms with Crippen LogP contribution in [0.1, 0.15) is 65.0 Å². The molecule has 4 rings (SSSR count). The Bertz CT molecular complexity index is 1390. The number of nitrogens with one attached hydrogen (secondary N) is 1. The summed E-state index contributed by atoms with van der Waals surface area (Å²) in [4.78, 5) is 41.3. The molecule has 0 radical (unpaired) electrons. The third kappa shape index (κ3) is 8.10. The summed E-state index contributed by atoms with van der Waals surface area (Å²) in [5.74, 6) is -1.19. The van der Waals surface area contributed by atoms with Gasteiger partial charge in [-0.05, 0) is 63.5 Å². The zero-order valence-electron chi connectivity index (χ0n) is 27.7. The minimum atomic E-state index is -1.56. The van der Waals surface area contributed by atoms with Gasteiger partial charge in [-0.1, -0.05) is 55.3 Å². The van der Waals surface area contributed by atoms with Gasteiger partial charge in [-0.2, -0.15) is 12.6 Å². The predicted molar refractivity (Wildman–Crippen MR) is 179 cm³/mol. The minimum Gasteiger partial charge on any atom is -0.457 e. The fraction of sp³-hybridized carbons (Fsp3) is 0.618. The molecule has 0 aromatic heterocycles. The molecule has 2 saturated heterocycles. The van der Waals surface area contributed by atoms with Crippen molar-refractivity contribution in [3.63, 3.8) is 0 Å². The minimum absolute atomic E-state index is 0.107. The molecular formula is C34H47ClN2O8S. The maximum atomic E-state index is 13.9. The number of hydrogen-bond donors (Lipinski definition) is 3. The van der Waals surface area contributed by atoms with E-state index >= 15 is 0 Å². The third-order valence-corrected chi connectivity index (χ3v) is 10.2. The average Bonchev–Trinajstić information content (AvgIpc) is 3.69. The summed E-state index contributed by atoms with van der Waals surface area (Å²) in [5.41, 5.74) is 0.731. The van der Waals surface area contributed by atoms with Gasteiger partial charge in [0.25, 0.3) is 0 Å². The van der Waals surface area contributed by atoms with Crippen molar-refractivity contribution in [1.29, 1.82) is 0 Å². The first-order chi connectivity index (χ1) is 21.6. The second kappa shape index (κ2) is 14.7. The first-order valence-electron chi connectivity index (χ1n) is 15.8. The molecule has 254 valence electrons. The molecule has 3 aliphatic heterocycles. The lowest BCUT2D eigenvalue weighted by atomic mass is 9.82. The molecule has 3 aliphatic rings. The van der Waals surface area contributed by atoms with Gasteiger partial charge >= 0.3 is 12.1 Å². The van der Waals surface area contributed by atoms with E-state index in [-0.39, 0.29) is 18.7 Å². The monoisotopic (exact) mass is 678 g/mol. The third-order valence-electron chi connectivity index (χ3n) is 9.35. The van der Waals surface area contributed by atoms with Crippen molar-refractivity contribution in [2.24, 2.45) is 11.8 Å². The van der Waals surface area contributed by atoms with Crippen LogP contribution < -0.4 is 10.2 Å². The number of nitrogens with zero attached hydrogens (tertiary/aromatic N) is 1. The van der Waals surface area contributed by atoms with Crippen molar-refractivity contribution in [1.82, 2.24) is 5.32 Å². The summed E-state index contributed by atoms with van der Waals surface area (Å²) < 4.78 is 23.5. The van der Waals surface area contributed by atoms with E-state index in [0.29, 0.717) is 35.9 Å². The van der Waals surface area contributed by atoms with Crippen molar-refractivity contribution in [2.45, 2.75) is 103 Å². The van der Waals surface area contributed by atoms with Crippen LogP contribution in [0, 0.1) is 18.8 Å². The van der Waals surface area contributed by atoms with E-state index in [1.54, 1.807) is 20.9 Å². The highest BCUT2D eigenvalue weighted by molar-refractivity contribution is 7.80. The van der Waals surface area contributed by atoms with Gasteiger partial charge in [0.2, 0.25) is 5.91 Å². The molecule has 2 amide bonds. The molecular weight excluding hydrogens is 632 g/mol. The molecule has 0 spiro atoms. The molecule has 2 N–H and O–H groups in total. The lowest BCUT2D eigenvalue weighted by Gasteiger charge is -2.41. The second-order valence-electron chi connectivity index (χ2n) is 13.1. The Morgan fingerprint density at radius 3 is 2.70 bits per heavy atom. The number of aliphatic hydroxyl groups is 1. The topological polar surface area (TPSA) is 127 Å². The highest BCUT2D eigenvalue weighted by Gasteiger charge is 2.64. The van der Waals surface area contributed by atoms with Crippen molar-refractivity contribution in [2.75, 3.05) is 24.3 Å². The van der Waals surface area contributed by atoms with Gasteiger partial charge in [-0.3, -0.25) is 10.1 Å². The molecule has 1 aromatic rings. The van der Waals surface area contributed by atoms with Crippen LogP contribution >= 0.6 is 24.2 Å².